The molecule has 7 heteroatoms. The van der Waals surface area contributed by atoms with Crippen LogP contribution in [-0.2, 0) is 6.61 Å². The van der Waals surface area contributed by atoms with Crippen LogP contribution in [0.3, 0.4) is 0 Å². The van der Waals surface area contributed by atoms with Gasteiger partial charge in [0.1, 0.15) is 18.2 Å². The molecular formula is C14H12BrCl3N2O. The van der Waals surface area contributed by atoms with Gasteiger partial charge >= 0.3 is 0 Å². The highest BCUT2D eigenvalue weighted by Gasteiger charge is 2.09. The maximum absolute atomic E-state index is 6.12. The Hall–Kier alpha value is -0.680. The van der Waals surface area contributed by atoms with E-state index in [1.165, 1.54) is 0 Å². The van der Waals surface area contributed by atoms with Crippen molar-refractivity contribution in [1.82, 2.24) is 4.98 Å². The van der Waals surface area contributed by atoms with Crippen LogP contribution < -0.4 is 10.1 Å². The Morgan fingerprint density at radius 1 is 1.14 bits per heavy atom. The van der Waals surface area contributed by atoms with Crippen molar-refractivity contribution < 1.29 is 4.74 Å². The molecule has 0 amide bonds. The Kier molecular flexibility index (Phi) is 5.99. The summed E-state index contributed by atoms with van der Waals surface area (Å²) in [6, 6.07) is 6.93. The van der Waals surface area contributed by atoms with Gasteiger partial charge in [-0.05, 0) is 41.1 Å². The summed E-state index contributed by atoms with van der Waals surface area (Å²) in [5.74, 6) is 1.23. The molecule has 0 aliphatic carbocycles. The minimum atomic E-state index is 0.204. The van der Waals surface area contributed by atoms with Gasteiger partial charge in [0, 0.05) is 17.1 Å². The number of anilines is 1. The van der Waals surface area contributed by atoms with Crippen LogP contribution in [0.25, 0.3) is 0 Å². The van der Waals surface area contributed by atoms with Crippen LogP contribution in [0.2, 0.25) is 15.1 Å². The van der Waals surface area contributed by atoms with Crippen molar-refractivity contribution >= 4 is 56.6 Å². The third kappa shape index (κ3) is 4.39. The molecule has 0 saturated heterocycles. The maximum atomic E-state index is 6.12. The summed E-state index contributed by atoms with van der Waals surface area (Å²) < 4.78 is 6.38. The highest BCUT2D eigenvalue weighted by atomic mass is 79.9. The average Bonchev–Trinajstić information content (AvgIpc) is 2.44. The van der Waals surface area contributed by atoms with Gasteiger partial charge in [0.15, 0.2) is 0 Å². The van der Waals surface area contributed by atoms with E-state index in [9.17, 15) is 0 Å². The molecule has 112 valence electrons. The molecule has 0 bridgehead atoms. The summed E-state index contributed by atoms with van der Waals surface area (Å²) in [7, 11) is 0. The molecule has 1 aromatic heterocycles. The fourth-order valence-electron chi connectivity index (χ4n) is 1.63. The molecule has 0 fully saturated rings. The first-order chi connectivity index (χ1) is 10.0. The monoisotopic (exact) mass is 408 g/mol. The van der Waals surface area contributed by atoms with Gasteiger partial charge in [-0.15, -0.1) is 0 Å². The van der Waals surface area contributed by atoms with Gasteiger partial charge < -0.3 is 10.1 Å². The van der Waals surface area contributed by atoms with Gasteiger partial charge in [-0.25, -0.2) is 4.98 Å². The third-order valence-electron chi connectivity index (χ3n) is 2.62. The van der Waals surface area contributed by atoms with Crippen molar-refractivity contribution in [2.24, 2.45) is 0 Å². The molecule has 0 atom stereocenters. The highest BCUT2D eigenvalue weighted by molar-refractivity contribution is 9.10. The Morgan fingerprint density at radius 3 is 2.62 bits per heavy atom. The molecule has 0 aliphatic heterocycles. The number of benzene rings is 1. The normalized spacial score (nSPS) is 10.5. The average molecular weight is 411 g/mol. The fourth-order valence-corrected chi connectivity index (χ4v) is 2.63. The summed E-state index contributed by atoms with van der Waals surface area (Å²) in [5, 5.41) is 4.65. The minimum absolute atomic E-state index is 0.204. The molecule has 1 heterocycles. The molecule has 0 radical (unpaired) electrons. The molecule has 2 aromatic rings. The van der Waals surface area contributed by atoms with Crippen LogP contribution in [0.4, 0.5) is 5.82 Å². The lowest BCUT2D eigenvalue weighted by molar-refractivity contribution is 0.302. The largest absolute Gasteiger partial charge is 0.486 e. The van der Waals surface area contributed by atoms with Crippen molar-refractivity contribution in [3.05, 3.63) is 49.5 Å². The number of nitrogens with one attached hydrogen (secondary N) is 1. The van der Waals surface area contributed by atoms with Gasteiger partial charge in [-0.3, -0.25) is 0 Å². The Bertz CT molecular complexity index is 652. The van der Waals surface area contributed by atoms with E-state index in [0.717, 1.165) is 12.4 Å². The maximum Gasteiger partial charge on any atom is 0.140 e. The molecule has 0 unspecified atom stereocenters. The molecule has 0 aliphatic rings. The van der Waals surface area contributed by atoms with Crippen molar-refractivity contribution in [3.8, 4) is 5.75 Å². The van der Waals surface area contributed by atoms with E-state index in [-0.39, 0.29) is 6.61 Å². The Morgan fingerprint density at radius 2 is 1.90 bits per heavy atom. The standard InChI is InChI=1S/C14H12BrCl3N2O/c1-2-19-14-4-3-9(16)12(20-14)7-21-13-6-10(17)8(15)5-11(13)18/h3-6H,2,7H2,1H3,(H,19,20). The van der Waals surface area contributed by atoms with Gasteiger partial charge in [0.05, 0.1) is 20.8 Å². The first-order valence-electron chi connectivity index (χ1n) is 6.18. The zero-order valence-electron chi connectivity index (χ0n) is 11.1. The van der Waals surface area contributed by atoms with Crippen LogP contribution in [0.1, 0.15) is 12.6 Å². The van der Waals surface area contributed by atoms with E-state index >= 15 is 0 Å². The summed E-state index contributed by atoms with van der Waals surface area (Å²) >= 11 is 21.6. The minimum Gasteiger partial charge on any atom is -0.486 e. The quantitative estimate of drug-likeness (QED) is 0.631. The first-order valence-corrected chi connectivity index (χ1v) is 8.10. The lowest BCUT2D eigenvalue weighted by Gasteiger charge is -2.11. The predicted molar refractivity (Wildman–Crippen MR) is 91.9 cm³/mol. The topological polar surface area (TPSA) is 34.1 Å². The van der Waals surface area contributed by atoms with Gasteiger partial charge in [-0.1, -0.05) is 34.8 Å². The zero-order valence-corrected chi connectivity index (χ0v) is 14.9. The number of hydrogen-bond acceptors (Lipinski definition) is 3. The molecule has 1 N–H and O–H groups in total. The van der Waals surface area contributed by atoms with Crippen molar-refractivity contribution in [2.45, 2.75) is 13.5 Å². The number of ether oxygens (including phenoxy) is 1. The van der Waals surface area contributed by atoms with E-state index in [0.29, 0.717) is 31.0 Å². The van der Waals surface area contributed by atoms with E-state index in [4.69, 9.17) is 39.5 Å². The lowest BCUT2D eigenvalue weighted by Crippen LogP contribution is -2.04. The fraction of sp³-hybridized carbons (Fsp3) is 0.214. The van der Waals surface area contributed by atoms with Crippen molar-refractivity contribution in [1.29, 1.82) is 0 Å². The number of hydrogen-bond donors (Lipinski definition) is 1. The zero-order chi connectivity index (χ0) is 15.4. The Balaban J connectivity index is 2.16. The number of halogens is 4. The third-order valence-corrected chi connectivity index (χ3v) is 4.45. The second kappa shape index (κ2) is 7.54. The number of nitrogens with zero attached hydrogens (tertiary/aromatic N) is 1. The van der Waals surface area contributed by atoms with Crippen LogP contribution >= 0.6 is 50.7 Å². The molecule has 0 saturated carbocycles. The summed E-state index contributed by atoms with van der Waals surface area (Å²) in [6.45, 7) is 2.98. The molecule has 1 aromatic carbocycles. The van der Waals surface area contributed by atoms with E-state index in [1.54, 1.807) is 18.2 Å². The van der Waals surface area contributed by atoms with Crippen LogP contribution in [0.15, 0.2) is 28.7 Å². The van der Waals surface area contributed by atoms with Gasteiger partial charge in [-0.2, -0.15) is 0 Å². The number of pyridine rings is 1. The number of rotatable bonds is 5. The molecule has 3 nitrogen and oxygen atoms in total. The second-order valence-electron chi connectivity index (χ2n) is 4.14. The smallest absolute Gasteiger partial charge is 0.140 e. The molecule has 21 heavy (non-hydrogen) atoms. The Labute approximate surface area is 146 Å². The molecule has 2 rings (SSSR count). The van der Waals surface area contributed by atoms with Gasteiger partial charge in [0.2, 0.25) is 0 Å². The van der Waals surface area contributed by atoms with Crippen LogP contribution in [0, 0.1) is 0 Å². The van der Waals surface area contributed by atoms with Crippen molar-refractivity contribution in [3.63, 3.8) is 0 Å². The SMILES string of the molecule is CCNc1ccc(Cl)c(COc2cc(Cl)c(Br)cc2Cl)n1. The van der Waals surface area contributed by atoms with E-state index < -0.39 is 0 Å². The van der Waals surface area contributed by atoms with Crippen molar-refractivity contribution in [2.75, 3.05) is 11.9 Å². The van der Waals surface area contributed by atoms with E-state index in [1.807, 2.05) is 13.0 Å². The summed E-state index contributed by atoms with van der Waals surface area (Å²) in [5.41, 5.74) is 0.630. The van der Waals surface area contributed by atoms with Gasteiger partial charge in [0.25, 0.3) is 0 Å². The highest BCUT2D eigenvalue weighted by Crippen LogP contribution is 2.34. The first kappa shape index (κ1) is 16.7. The lowest BCUT2D eigenvalue weighted by atomic mass is 10.3. The molecular weight excluding hydrogens is 398 g/mol. The second-order valence-corrected chi connectivity index (χ2v) is 6.22. The van der Waals surface area contributed by atoms with Crippen LogP contribution in [-0.4, -0.2) is 11.5 Å². The predicted octanol–water partition coefficient (Wildman–Crippen LogP) is 5.82. The van der Waals surface area contributed by atoms with E-state index in [2.05, 4.69) is 26.2 Å². The molecule has 0 spiro atoms. The van der Waals surface area contributed by atoms with Crippen LogP contribution in [0.5, 0.6) is 5.75 Å². The summed E-state index contributed by atoms with van der Waals surface area (Å²) in [6.07, 6.45) is 0. The number of aromatic nitrogens is 1. The summed E-state index contributed by atoms with van der Waals surface area (Å²) in [4.78, 5) is 4.39.